The van der Waals surface area contributed by atoms with Crippen molar-refractivity contribution >= 4 is 9.84 Å². The summed E-state index contributed by atoms with van der Waals surface area (Å²) in [6, 6.07) is 2.89. The molecule has 0 amide bonds. The van der Waals surface area contributed by atoms with E-state index in [2.05, 4.69) is 0 Å². The number of fused-ring (bicyclic) bond motifs is 1. The summed E-state index contributed by atoms with van der Waals surface area (Å²) in [6.07, 6.45) is 0.466. The molecule has 0 spiro atoms. The van der Waals surface area contributed by atoms with Gasteiger partial charge in [-0.25, -0.2) is 17.2 Å². The second-order valence-corrected chi connectivity index (χ2v) is 8.66. The summed E-state index contributed by atoms with van der Waals surface area (Å²) in [5.41, 5.74) is 0.724. The van der Waals surface area contributed by atoms with Crippen molar-refractivity contribution in [3.8, 4) is 0 Å². The zero-order chi connectivity index (χ0) is 17.0. The largest absolute Gasteiger partial charge is 0.393 e. The summed E-state index contributed by atoms with van der Waals surface area (Å²) < 4.78 is 51.8. The average Bonchev–Trinajstić information content (AvgIpc) is 2.67. The first-order valence-electron chi connectivity index (χ1n) is 7.71. The first-order chi connectivity index (χ1) is 10.6. The Hall–Kier alpha value is -1.05. The van der Waals surface area contributed by atoms with E-state index in [9.17, 15) is 27.4 Å². The molecule has 3 atom stereocenters. The van der Waals surface area contributed by atoms with Gasteiger partial charge in [0.15, 0.2) is 9.84 Å². The van der Waals surface area contributed by atoms with E-state index in [1.54, 1.807) is 6.07 Å². The maximum atomic E-state index is 14.0. The minimum absolute atomic E-state index is 0.0813. The molecule has 0 aliphatic heterocycles. The van der Waals surface area contributed by atoms with Gasteiger partial charge in [0.1, 0.15) is 6.10 Å². The lowest BCUT2D eigenvalue weighted by Gasteiger charge is -2.28. The van der Waals surface area contributed by atoms with Gasteiger partial charge in [0.2, 0.25) is 0 Å². The monoisotopic (exact) mass is 346 g/mol. The third-order valence-electron chi connectivity index (χ3n) is 4.93. The van der Waals surface area contributed by atoms with Crippen molar-refractivity contribution in [1.82, 2.24) is 0 Å². The number of halogens is 2. The van der Waals surface area contributed by atoms with Crippen LogP contribution in [-0.2, 0) is 16.3 Å². The Morgan fingerprint density at radius 3 is 2.52 bits per heavy atom. The van der Waals surface area contributed by atoms with Crippen LogP contribution in [0.1, 0.15) is 54.4 Å². The molecule has 0 radical (unpaired) electrons. The molecule has 1 saturated carbocycles. The number of alkyl halides is 2. The van der Waals surface area contributed by atoms with Crippen molar-refractivity contribution in [2.45, 2.75) is 61.0 Å². The summed E-state index contributed by atoms with van der Waals surface area (Å²) >= 11 is 0. The lowest BCUT2D eigenvalue weighted by Crippen LogP contribution is -2.22. The van der Waals surface area contributed by atoms with Crippen molar-refractivity contribution in [1.29, 1.82) is 0 Å². The quantitative estimate of drug-likeness (QED) is 0.862. The molecular weight excluding hydrogens is 326 g/mol. The van der Waals surface area contributed by atoms with E-state index < -0.39 is 34.4 Å². The van der Waals surface area contributed by atoms with E-state index in [0.29, 0.717) is 18.4 Å². The third-order valence-corrected chi connectivity index (χ3v) is 6.08. The predicted molar refractivity (Wildman–Crippen MR) is 80.4 cm³/mol. The van der Waals surface area contributed by atoms with E-state index in [0.717, 1.165) is 19.1 Å². The zero-order valence-electron chi connectivity index (χ0n) is 12.8. The number of sulfone groups is 1. The molecule has 1 aromatic rings. The number of aliphatic hydroxyl groups is 2. The maximum Gasteiger partial charge on any atom is 0.281 e. The highest BCUT2D eigenvalue weighted by Gasteiger charge is 2.50. The van der Waals surface area contributed by atoms with Gasteiger partial charge in [-0.1, -0.05) is 12.5 Å². The van der Waals surface area contributed by atoms with Crippen LogP contribution >= 0.6 is 0 Å². The molecule has 23 heavy (non-hydrogen) atoms. The molecule has 0 saturated heterocycles. The summed E-state index contributed by atoms with van der Waals surface area (Å²) in [7, 11) is -3.71. The van der Waals surface area contributed by atoms with Crippen LogP contribution in [0.5, 0.6) is 0 Å². The summed E-state index contributed by atoms with van der Waals surface area (Å²) in [5, 5.41) is 19.8. The van der Waals surface area contributed by atoms with Gasteiger partial charge in [-0.15, -0.1) is 0 Å². The zero-order valence-corrected chi connectivity index (χ0v) is 13.6. The van der Waals surface area contributed by atoms with Crippen LogP contribution in [0.2, 0.25) is 0 Å². The van der Waals surface area contributed by atoms with E-state index in [4.69, 9.17) is 0 Å². The molecule has 2 aliphatic carbocycles. The molecule has 4 nitrogen and oxygen atoms in total. The summed E-state index contributed by atoms with van der Waals surface area (Å²) in [6.45, 7) is 0. The molecule has 0 aromatic heterocycles. The molecule has 1 fully saturated rings. The Bertz CT molecular complexity index is 730. The highest BCUT2D eigenvalue weighted by molar-refractivity contribution is 7.90. The number of benzene rings is 1. The SMILES string of the molecule is CS(=O)(=O)c1ccc([C@H]2CCC[C@@H](O)C2)c2c1C(O)C(F)(F)C2. The average molecular weight is 346 g/mol. The van der Waals surface area contributed by atoms with Crippen molar-refractivity contribution in [3.63, 3.8) is 0 Å². The Morgan fingerprint density at radius 1 is 1.22 bits per heavy atom. The number of aliphatic hydroxyl groups excluding tert-OH is 2. The van der Waals surface area contributed by atoms with Crippen molar-refractivity contribution in [2.24, 2.45) is 0 Å². The first-order valence-corrected chi connectivity index (χ1v) is 9.60. The molecule has 0 heterocycles. The van der Waals surface area contributed by atoms with Gasteiger partial charge in [0, 0.05) is 18.2 Å². The van der Waals surface area contributed by atoms with E-state index >= 15 is 0 Å². The molecule has 2 aliphatic rings. The number of hydrogen-bond acceptors (Lipinski definition) is 4. The smallest absolute Gasteiger partial charge is 0.281 e. The van der Waals surface area contributed by atoms with Crippen LogP contribution in [0.25, 0.3) is 0 Å². The summed E-state index contributed by atoms with van der Waals surface area (Å²) in [5.74, 6) is -3.45. The standard InChI is InChI=1S/C16H20F2O4S/c1-23(21,22)13-6-5-11(9-3-2-4-10(19)7-9)12-8-16(17,18)15(20)14(12)13/h5-6,9-10,15,19-20H,2-4,7-8H2,1H3/t9-,10+,15?/m0/s1. The second kappa shape index (κ2) is 5.50. The first kappa shape index (κ1) is 16.8. The highest BCUT2D eigenvalue weighted by Crippen LogP contribution is 2.49. The molecule has 128 valence electrons. The summed E-state index contributed by atoms with van der Waals surface area (Å²) in [4.78, 5) is -0.225. The van der Waals surface area contributed by atoms with Gasteiger partial charge in [-0.2, -0.15) is 0 Å². The predicted octanol–water partition coefficient (Wildman–Crippen LogP) is 2.33. The Balaban J connectivity index is 2.15. The minimum Gasteiger partial charge on any atom is -0.393 e. The highest BCUT2D eigenvalue weighted by atomic mass is 32.2. The Labute approximate surface area is 134 Å². The van der Waals surface area contributed by atoms with Crippen molar-refractivity contribution in [2.75, 3.05) is 6.26 Å². The molecule has 1 aromatic carbocycles. The fraction of sp³-hybridized carbons (Fsp3) is 0.625. The van der Waals surface area contributed by atoms with Crippen LogP contribution in [0.4, 0.5) is 8.78 Å². The topological polar surface area (TPSA) is 74.6 Å². The van der Waals surface area contributed by atoms with Gasteiger partial charge in [0.05, 0.1) is 11.0 Å². The Morgan fingerprint density at radius 2 is 1.91 bits per heavy atom. The molecule has 0 bridgehead atoms. The van der Waals surface area contributed by atoms with Crippen LogP contribution < -0.4 is 0 Å². The number of hydrogen-bond donors (Lipinski definition) is 2. The molecule has 3 rings (SSSR count). The van der Waals surface area contributed by atoms with E-state index in [1.807, 2.05) is 0 Å². The van der Waals surface area contributed by atoms with E-state index in [-0.39, 0.29) is 21.9 Å². The van der Waals surface area contributed by atoms with Gasteiger partial charge in [0.25, 0.3) is 5.92 Å². The van der Waals surface area contributed by atoms with Crippen LogP contribution in [0.3, 0.4) is 0 Å². The van der Waals surface area contributed by atoms with Crippen LogP contribution in [0, 0.1) is 0 Å². The molecular formula is C16H20F2O4S. The normalized spacial score (nSPS) is 30.2. The van der Waals surface area contributed by atoms with Crippen molar-refractivity contribution in [3.05, 3.63) is 28.8 Å². The van der Waals surface area contributed by atoms with Crippen LogP contribution in [-0.4, -0.2) is 36.9 Å². The van der Waals surface area contributed by atoms with Gasteiger partial charge in [-0.05, 0) is 42.4 Å². The molecule has 7 heteroatoms. The molecule has 1 unspecified atom stereocenters. The fourth-order valence-corrected chi connectivity index (χ4v) is 4.80. The third kappa shape index (κ3) is 2.90. The van der Waals surface area contributed by atoms with Gasteiger partial charge in [-0.3, -0.25) is 0 Å². The maximum absolute atomic E-state index is 14.0. The minimum atomic E-state index is -3.71. The lowest BCUT2D eigenvalue weighted by atomic mass is 9.80. The van der Waals surface area contributed by atoms with Crippen molar-refractivity contribution < 1.29 is 27.4 Å². The number of rotatable bonds is 2. The van der Waals surface area contributed by atoms with Gasteiger partial charge < -0.3 is 10.2 Å². The van der Waals surface area contributed by atoms with Crippen LogP contribution in [0.15, 0.2) is 17.0 Å². The fourth-order valence-electron chi connectivity index (χ4n) is 3.85. The van der Waals surface area contributed by atoms with E-state index in [1.165, 1.54) is 6.07 Å². The molecule has 2 N–H and O–H groups in total. The van der Waals surface area contributed by atoms with Gasteiger partial charge >= 0.3 is 0 Å². The lowest BCUT2D eigenvalue weighted by molar-refractivity contribution is -0.0976. The Kier molecular flexibility index (Phi) is 4.01. The second-order valence-electron chi connectivity index (χ2n) is 6.68.